The fourth-order valence-electron chi connectivity index (χ4n) is 1.33. The van der Waals surface area contributed by atoms with E-state index in [-0.39, 0.29) is 5.88 Å². The summed E-state index contributed by atoms with van der Waals surface area (Å²) in [5.74, 6) is 0.728. The van der Waals surface area contributed by atoms with E-state index in [0.717, 1.165) is 19.5 Å². The van der Waals surface area contributed by atoms with Crippen molar-refractivity contribution in [3.8, 4) is 0 Å². The van der Waals surface area contributed by atoms with Gasteiger partial charge in [-0.3, -0.25) is 5.41 Å². The van der Waals surface area contributed by atoms with Crippen LogP contribution in [0.1, 0.15) is 12.8 Å². The zero-order chi connectivity index (χ0) is 8.97. The second-order valence-electron chi connectivity index (χ2n) is 2.96. The quantitative estimate of drug-likeness (QED) is 0.267. The van der Waals surface area contributed by atoms with Gasteiger partial charge in [-0.25, -0.2) is 3.11 Å². The van der Waals surface area contributed by atoms with Crippen LogP contribution in [0.2, 0.25) is 0 Å². The van der Waals surface area contributed by atoms with Crippen LogP contribution in [-0.4, -0.2) is 34.0 Å². The van der Waals surface area contributed by atoms with Crippen LogP contribution in [0.5, 0.6) is 0 Å². The molecule has 0 aromatic carbocycles. The number of nitrogens with zero attached hydrogens (tertiary/aromatic N) is 1. The molecule has 0 saturated carbocycles. The van der Waals surface area contributed by atoms with Crippen molar-refractivity contribution < 1.29 is 0 Å². The van der Waals surface area contributed by atoms with Gasteiger partial charge in [0, 0.05) is 42.0 Å². The standard InChI is InChI=1S/C7H13ClIN3/c8-4-7(10)11-6-2-1-3-12(9)5-6/h6H,1-5H2,(H2,10,11)/t6-/m1/s1. The summed E-state index contributed by atoms with van der Waals surface area (Å²) >= 11 is 7.83. The Balaban J connectivity index is 2.27. The lowest BCUT2D eigenvalue weighted by Crippen LogP contribution is -2.44. The molecule has 1 saturated heterocycles. The summed E-state index contributed by atoms with van der Waals surface area (Å²) in [7, 11) is 0. The molecule has 0 amide bonds. The van der Waals surface area contributed by atoms with Crippen LogP contribution in [0.15, 0.2) is 0 Å². The van der Waals surface area contributed by atoms with Gasteiger partial charge in [-0.05, 0) is 12.8 Å². The normalized spacial score (nSPS) is 25.3. The van der Waals surface area contributed by atoms with Crippen LogP contribution in [0.3, 0.4) is 0 Å². The summed E-state index contributed by atoms with van der Waals surface area (Å²) in [4.78, 5) is 0. The number of rotatable bonds is 2. The maximum Gasteiger partial charge on any atom is 0.109 e. The Kier molecular flexibility index (Phi) is 4.60. The van der Waals surface area contributed by atoms with E-state index in [4.69, 9.17) is 17.0 Å². The molecule has 3 nitrogen and oxygen atoms in total. The third-order valence-corrected chi connectivity index (χ3v) is 3.03. The van der Waals surface area contributed by atoms with Crippen molar-refractivity contribution in [2.75, 3.05) is 19.0 Å². The van der Waals surface area contributed by atoms with E-state index in [1.54, 1.807) is 0 Å². The van der Waals surface area contributed by atoms with Gasteiger partial charge in [0.25, 0.3) is 0 Å². The molecule has 1 aliphatic heterocycles. The van der Waals surface area contributed by atoms with Gasteiger partial charge in [0.05, 0.1) is 5.88 Å². The average molecular weight is 302 g/mol. The second-order valence-corrected chi connectivity index (χ2v) is 4.60. The third-order valence-electron chi connectivity index (χ3n) is 1.88. The first-order chi connectivity index (χ1) is 5.72. The first-order valence-electron chi connectivity index (χ1n) is 4.03. The molecule has 1 heterocycles. The van der Waals surface area contributed by atoms with Crippen LogP contribution in [0.4, 0.5) is 0 Å². The molecule has 0 unspecified atom stereocenters. The van der Waals surface area contributed by atoms with Crippen LogP contribution in [0, 0.1) is 5.41 Å². The predicted molar refractivity (Wildman–Crippen MR) is 60.2 cm³/mol. The Morgan fingerprint density at radius 1 is 1.75 bits per heavy atom. The molecule has 0 spiro atoms. The molecule has 2 N–H and O–H groups in total. The lowest BCUT2D eigenvalue weighted by Gasteiger charge is -2.29. The van der Waals surface area contributed by atoms with E-state index in [1.807, 2.05) is 0 Å². The SMILES string of the molecule is N=C(CCl)N[C@@H]1CCCN(I)C1. The van der Waals surface area contributed by atoms with Crippen LogP contribution in [0.25, 0.3) is 0 Å². The fourth-order valence-corrected chi connectivity index (χ4v) is 2.23. The number of piperidine rings is 1. The average Bonchev–Trinajstić information content (AvgIpc) is 2.04. The number of nitrogens with one attached hydrogen (secondary N) is 2. The highest BCUT2D eigenvalue weighted by Crippen LogP contribution is 2.13. The van der Waals surface area contributed by atoms with Gasteiger partial charge in [0.1, 0.15) is 5.84 Å². The van der Waals surface area contributed by atoms with Gasteiger partial charge in [-0.15, -0.1) is 11.6 Å². The van der Waals surface area contributed by atoms with Crippen LogP contribution >= 0.6 is 34.5 Å². The van der Waals surface area contributed by atoms with Crippen molar-refractivity contribution in [2.24, 2.45) is 0 Å². The van der Waals surface area contributed by atoms with E-state index < -0.39 is 0 Å². The van der Waals surface area contributed by atoms with E-state index in [2.05, 4.69) is 31.3 Å². The number of amidine groups is 1. The first-order valence-corrected chi connectivity index (χ1v) is 5.53. The minimum Gasteiger partial charge on any atom is -0.369 e. The maximum absolute atomic E-state index is 7.38. The minimum atomic E-state index is 0.289. The van der Waals surface area contributed by atoms with Crippen LogP contribution < -0.4 is 5.32 Å². The van der Waals surface area contributed by atoms with Crippen LogP contribution in [-0.2, 0) is 0 Å². The number of hydrogen-bond donors (Lipinski definition) is 2. The highest BCUT2D eigenvalue weighted by molar-refractivity contribution is 14.1. The number of hydrogen-bond acceptors (Lipinski definition) is 2. The van der Waals surface area contributed by atoms with Crippen molar-refractivity contribution in [2.45, 2.75) is 18.9 Å². The van der Waals surface area contributed by atoms with E-state index in [0.29, 0.717) is 11.9 Å². The zero-order valence-electron chi connectivity index (χ0n) is 6.82. The largest absolute Gasteiger partial charge is 0.369 e. The Morgan fingerprint density at radius 3 is 3.08 bits per heavy atom. The van der Waals surface area contributed by atoms with E-state index in [1.165, 1.54) is 6.42 Å². The molecule has 0 aromatic heterocycles. The monoisotopic (exact) mass is 301 g/mol. The van der Waals surface area contributed by atoms with Gasteiger partial charge in [0.2, 0.25) is 0 Å². The summed E-state index contributed by atoms with van der Waals surface area (Å²) in [6.45, 7) is 2.17. The van der Waals surface area contributed by atoms with Crippen molar-refractivity contribution in [1.29, 1.82) is 5.41 Å². The topological polar surface area (TPSA) is 39.1 Å². The Hall–Kier alpha value is 0.450. The van der Waals surface area contributed by atoms with Gasteiger partial charge in [-0.2, -0.15) is 0 Å². The highest BCUT2D eigenvalue weighted by Gasteiger charge is 2.17. The first kappa shape index (κ1) is 10.5. The Morgan fingerprint density at radius 2 is 2.50 bits per heavy atom. The molecular formula is C7H13ClIN3. The molecule has 0 aliphatic carbocycles. The van der Waals surface area contributed by atoms with Gasteiger partial charge >= 0.3 is 0 Å². The van der Waals surface area contributed by atoms with Gasteiger partial charge < -0.3 is 5.32 Å². The van der Waals surface area contributed by atoms with E-state index >= 15 is 0 Å². The molecular weight excluding hydrogens is 288 g/mol. The van der Waals surface area contributed by atoms with Crippen molar-refractivity contribution in [3.63, 3.8) is 0 Å². The van der Waals surface area contributed by atoms with Crippen molar-refractivity contribution in [1.82, 2.24) is 8.43 Å². The molecule has 0 aromatic rings. The van der Waals surface area contributed by atoms with Crippen molar-refractivity contribution in [3.05, 3.63) is 0 Å². The fraction of sp³-hybridized carbons (Fsp3) is 0.857. The molecule has 0 bridgehead atoms. The van der Waals surface area contributed by atoms with Gasteiger partial charge in [-0.1, -0.05) is 0 Å². The second kappa shape index (κ2) is 5.24. The predicted octanol–water partition coefficient (Wildman–Crippen LogP) is 1.61. The lowest BCUT2D eigenvalue weighted by atomic mass is 10.1. The molecule has 12 heavy (non-hydrogen) atoms. The summed E-state index contributed by atoms with van der Waals surface area (Å²) in [6.07, 6.45) is 2.36. The molecule has 5 heteroatoms. The molecule has 1 fully saturated rings. The van der Waals surface area contributed by atoms with E-state index in [9.17, 15) is 0 Å². The molecule has 1 rings (SSSR count). The zero-order valence-corrected chi connectivity index (χ0v) is 9.73. The Bertz CT molecular complexity index is 165. The summed E-state index contributed by atoms with van der Waals surface area (Å²) in [6, 6.07) is 0.418. The van der Waals surface area contributed by atoms with Crippen molar-refractivity contribution >= 4 is 40.3 Å². The molecule has 0 radical (unpaired) electrons. The summed E-state index contributed by atoms with van der Waals surface area (Å²) in [5.41, 5.74) is 0. The summed E-state index contributed by atoms with van der Waals surface area (Å²) < 4.78 is 2.25. The molecule has 1 atom stereocenters. The maximum atomic E-state index is 7.38. The number of alkyl halides is 1. The molecule has 1 aliphatic rings. The minimum absolute atomic E-state index is 0.289. The highest BCUT2D eigenvalue weighted by atomic mass is 127. The summed E-state index contributed by atoms with van der Waals surface area (Å²) in [5, 5.41) is 10.5. The smallest absolute Gasteiger partial charge is 0.109 e. The lowest BCUT2D eigenvalue weighted by molar-refractivity contribution is 0.346. The third kappa shape index (κ3) is 3.45. The molecule has 70 valence electrons. The number of halogens is 2. The van der Waals surface area contributed by atoms with Gasteiger partial charge in [0.15, 0.2) is 0 Å². The Labute approximate surface area is 91.8 Å².